The molecule has 2 aromatic carbocycles. The number of nitrogens with one attached hydrogen (secondary N) is 2. The highest BCUT2D eigenvalue weighted by Crippen LogP contribution is 2.21. The van der Waals surface area contributed by atoms with Crippen molar-refractivity contribution in [3.05, 3.63) is 70.7 Å². The lowest BCUT2D eigenvalue weighted by Gasteiger charge is -2.05. The SMILES string of the molecule is Cc1ccc(S(=O)(=O)Nc2nc(C(=O)Nc3cccc(C)c3)cs2)cc1. The molecule has 3 aromatic rings. The van der Waals surface area contributed by atoms with E-state index in [9.17, 15) is 13.2 Å². The second kappa shape index (κ2) is 7.27. The Labute approximate surface area is 156 Å². The largest absolute Gasteiger partial charge is 0.321 e. The highest BCUT2D eigenvalue weighted by atomic mass is 32.2. The van der Waals surface area contributed by atoms with Crippen LogP contribution in [0, 0.1) is 13.8 Å². The van der Waals surface area contributed by atoms with Crippen LogP contribution < -0.4 is 10.0 Å². The van der Waals surface area contributed by atoms with Gasteiger partial charge in [0.15, 0.2) is 5.13 Å². The molecule has 1 amide bonds. The number of carbonyl (C=O) groups is 1. The molecule has 0 atom stereocenters. The third-order valence-electron chi connectivity index (χ3n) is 3.57. The molecule has 0 saturated carbocycles. The van der Waals surface area contributed by atoms with Crippen LogP contribution in [0.1, 0.15) is 21.6 Å². The zero-order chi connectivity index (χ0) is 18.7. The van der Waals surface area contributed by atoms with Gasteiger partial charge in [0, 0.05) is 11.1 Å². The molecule has 0 fully saturated rings. The van der Waals surface area contributed by atoms with Crippen LogP contribution in [0.25, 0.3) is 0 Å². The van der Waals surface area contributed by atoms with E-state index in [2.05, 4.69) is 15.0 Å². The maximum atomic E-state index is 12.4. The van der Waals surface area contributed by atoms with Crippen molar-refractivity contribution in [2.75, 3.05) is 10.0 Å². The van der Waals surface area contributed by atoms with Gasteiger partial charge in [0.1, 0.15) is 5.69 Å². The van der Waals surface area contributed by atoms with Crippen molar-refractivity contribution in [2.24, 2.45) is 0 Å². The van der Waals surface area contributed by atoms with Crippen molar-refractivity contribution < 1.29 is 13.2 Å². The van der Waals surface area contributed by atoms with Crippen molar-refractivity contribution in [3.63, 3.8) is 0 Å². The summed E-state index contributed by atoms with van der Waals surface area (Å²) < 4.78 is 27.2. The summed E-state index contributed by atoms with van der Waals surface area (Å²) in [6.45, 7) is 3.81. The van der Waals surface area contributed by atoms with Crippen LogP contribution in [-0.2, 0) is 10.0 Å². The molecule has 0 spiro atoms. The van der Waals surface area contributed by atoms with Gasteiger partial charge in [0.05, 0.1) is 4.90 Å². The molecule has 2 N–H and O–H groups in total. The first-order chi connectivity index (χ1) is 12.3. The smallest absolute Gasteiger partial charge is 0.275 e. The molecule has 0 bridgehead atoms. The van der Waals surface area contributed by atoms with Crippen molar-refractivity contribution in [3.8, 4) is 0 Å². The second-order valence-electron chi connectivity index (χ2n) is 5.78. The standard InChI is InChI=1S/C18H17N3O3S2/c1-12-6-8-15(9-7-12)26(23,24)21-18-20-16(11-25-18)17(22)19-14-5-3-4-13(2)10-14/h3-11H,1-2H3,(H,19,22)(H,20,21). The number of thiazole rings is 1. The number of aryl methyl sites for hydroxylation is 2. The minimum atomic E-state index is -3.74. The zero-order valence-corrected chi connectivity index (χ0v) is 15.8. The number of rotatable bonds is 5. The Balaban J connectivity index is 1.73. The normalized spacial score (nSPS) is 11.2. The summed E-state index contributed by atoms with van der Waals surface area (Å²) in [5.41, 5.74) is 2.80. The van der Waals surface area contributed by atoms with E-state index in [-0.39, 0.29) is 15.7 Å². The molecule has 0 unspecified atom stereocenters. The molecule has 0 aliphatic rings. The fourth-order valence-electron chi connectivity index (χ4n) is 2.23. The van der Waals surface area contributed by atoms with E-state index in [1.165, 1.54) is 17.5 Å². The minimum absolute atomic E-state index is 0.139. The molecule has 134 valence electrons. The van der Waals surface area contributed by atoms with Gasteiger partial charge in [0.25, 0.3) is 15.9 Å². The van der Waals surface area contributed by atoms with E-state index in [4.69, 9.17) is 0 Å². The molecular formula is C18H17N3O3S2. The monoisotopic (exact) mass is 387 g/mol. The van der Waals surface area contributed by atoms with Crippen molar-refractivity contribution in [1.82, 2.24) is 4.98 Å². The van der Waals surface area contributed by atoms with E-state index in [0.717, 1.165) is 22.5 Å². The van der Waals surface area contributed by atoms with Crippen LogP contribution in [0.4, 0.5) is 10.8 Å². The average molecular weight is 387 g/mol. The number of aromatic nitrogens is 1. The van der Waals surface area contributed by atoms with Crippen molar-refractivity contribution in [2.45, 2.75) is 18.7 Å². The Hall–Kier alpha value is -2.71. The predicted molar refractivity (Wildman–Crippen MR) is 103 cm³/mol. The maximum Gasteiger partial charge on any atom is 0.275 e. The Morgan fingerprint density at radius 2 is 1.77 bits per heavy atom. The average Bonchev–Trinajstić information content (AvgIpc) is 3.03. The number of nitrogens with zero attached hydrogens (tertiary/aromatic N) is 1. The molecule has 26 heavy (non-hydrogen) atoms. The van der Waals surface area contributed by atoms with Gasteiger partial charge in [-0.3, -0.25) is 9.52 Å². The van der Waals surface area contributed by atoms with E-state index < -0.39 is 15.9 Å². The highest BCUT2D eigenvalue weighted by Gasteiger charge is 2.18. The van der Waals surface area contributed by atoms with Gasteiger partial charge in [-0.15, -0.1) is 11.3 Å². The predicted octanol–water partition coefficient (Wildman–Crippen LogP) is 3.81. The lowest BCUT2D eigenvalue weighted by molar-refractivity contribution is 0.102. The first kappa shape index (κ1) is 18.1. The van der Waals surface area contributed by atoms with E-state index >= 15 is 0 Å². The van der Waals surface area contributed by atoms with E-state index in [1.807, 2.05) is 32.0 Å². The van der Waals surface area contributed by atoms with Crippen LogP contribution in [-0.4, -0.2) is 19.3 Å². The first-order valence-corrected chi connectivity index (χ1v) is 10.1. The second-order valence-corrected chi connectivity index (χ2v) is 8.32. The number of benzene rings is 2. The topological polar surface area (TPSA) is 88.2 Å². The van der Waals surface area contributed by atoms with Gasteiger partial charge in [-0.25, -0.2) is 13.4 Å². The zero-order valence-electron chi connectivity index (χ0n) is 14.2. The molecule has 3 rings (SSSR count). The Bertz CT molecular complexity index is 1040. The first-order valence-electron chi connectivity index (χ1n) is 7.76. The summed E-state index contributed by atoms with van der Waals surface area (Å²) in [4.78, 5) is 16.5. The quantitative estimate of drug-likeness (QED) is 0.697. The molecule has 0 radical (unpaired) electrons. The van der Waals surface area contributed by atoms with E-state index in [0.29, 0.717) is 5.69 Å². The molecular weight excluding hydrogens is 370 g/mol. The van der Waals surface area contributed by atoms with Gasteiger partial charge in [-0.05, 0) is 43.7 Å². The molecule has 8 heteroatoms. The summed E-state index contributed by atoms with van der Waals surface area (Å²) in [5, 5.41) is 4.39. The third kappa shape index (κ3) is 4.27. The van der Waals surface area contributed by atoms with Crippen LogP contribution in [0.5, 0.6) is 0 Å². The Morgan fingerprint density at radius 1 is 1.04 bits per heavy atom. The van der Waals surface area contributed by atoms with Gasteiger partial charge in [0.2, 0.25) is 0 Å². The molecule has 1 aromatic heterocycles. The number of amides is 1. The van der Waals surface area contributed by atoms with Crippen molar-refractivity contribution >= 4 is 38.1 Å². The summed E-state index contributed by atoms with van der Waals surface area (Å²) in [6, 6.07) is 13.9. The Morgan fingerprint density at radius 3 is 2.46 bits per heavy atom. The van der Waals surface area contributed by atoms with Gasteiger partial charge in [-0.2, -0.15) is 0 Å². The molecule has 6 nitrogen and oxygen atoms in total. The maximum absolute atomic E-state index is 12.4. The Kier molecular flexibility index (Phi) is 5.06. The highest BCUT2D eigenvalue weighted by molar-refractivity contribution is 7.93. The summed E-state index contributed by atoms with van der Waals surface area (Å²) >= 11 is 1.05. The lowest BCUT2D eigenvalue weighted by Crippen LogP contribution is -2.14. The van der Waals surface area contributed by atoms with Crippen LogP contribution in [0.3, 0.4) is 0 Å². The van der Waals surface area contributed by atoms with Crippen LogP contribution in [0.2, 0.25) is 0 Å². The number of sulfonamides is 1. The number of hydrogen-bond acceptors (Lipinski definition) is 5. The number of hydrogen-bond donors (Lipinski definition) is 2. The summed E-state index contributed by atoms with van der Waals surface area (Å²) in [5.74, 6) is -0.396. The lowest BCUT2D eigenvalue weighted by atomic mass is 10.2. The minimum Gasteiger partial charge on any atom is -0.321 e. The van der Waals surface area contributed by atoms with Crippen LogP contribution in [0.15, 0.2) is 58.8 Å². The molecule has 0 aliphatic carbocycles. The van der Waals surface area contributed by atoms with E-state index in [1.54, 1.807) is 18.2 Å². The third-order valence-corrected chi connectivity index (χ3v) is 5.81. The van der Waals surface area contributed by atoms with Crippen molar-refractivity contribution in [1.29, 1.82) is 0 Å². The van der Waals surface area contributed by atoms with Gasteiger partial charge in [-0.1, -0.05) is 29.8 Å². The molecule has 1 heterocycles. The van der Waals surface area contributed by atoms with Gasteiger partial charge < -0.3 is 5.32 Å². The summed E-state index contributed by atoms with van der Waals surface area (Å²) in [6.07, 6.45) is 0. The summed E-state index contributed by atoms with van der Waals surface area (Å²) in [7, 11) is -3.74. The van der Waals surface area contributed by atoms with Crippen LogP contribution >= 0.6 is 11.3 Å². The van der Waals surface area contributed by atoms with Gasteiger partial charge >= 0.3 is 0 Å². The molecule has 0 aliphatic heterocycles. The molecule has 0 saturated heterocycles. The number of carbonyl (C=O) groups excluding carboxylic acids is 1. The number of anilines is 2. The fourth-order valence-corrected chi connectivity index (χ4v) is 4.18. The fraction of sp³-hybridized carbons (Fsp3) is 0.111.